The molecule has 0 aliphatic rings. The van der Waals surface area contributed by atoms with E-state index >= 15 is 0 Å². The Kier molecular flexibility index (Phi) is 7.14. The van der Waals surface area contributed by atoms with Crippen molar-refractivity contribution in [3.8, 4) is 5.75 Å². The fraction of sp³-hybridized carbons (Fsp3) is 0.600. The Morgan fingerprint density at radius 3 is 2.29 bits per heavy atom. The molecule has 120 valence electrons. The zero-order valence-corrected chi connectivity index (χ0v) is 14.2. The largest absolute Gasteiger partial charge is 0.495 e. The number of ether oxygens (including phenoxy) is 1. The van der Waals surface area contributed by atoms with Gasteiger partial charge < -0.3 is 10.1 Å². The normalized spacial score (nSPS) is 11.9. The Bertz CT molecular complexity index is 538. The van der Waals surface area contributed by atoms with Gasteiger partial charge in [0.1, 0.15) is 10.6 Å². The SMILES string of the molecule is CCCN(CCC)S(=O)(=O)c1cc(CNC)ccc1OC. The van der Waals surface area contributed by atoms with Crippen molar-refractivity contribution in [3.05, 3.63) is 23.8 Å². The van der Waals surface area contributed by atoms with E-state index in [4.69, 9.17) is 4.74 Å². The molecule has 0 radical (unpaired) electrons. The van der Waals surface area contributed by atoms with Crippen molar-refractivity contribution >= 4 is 10.0 Å². The summed E-state index contributed by atoms with van der Waals surface area (Å²) in [5, 5.41) is 3.03. The summed E-state index contributed by atoms with van der Waals surface area (Å²) in [6, 6.07) is 5.29. The molecule has 1 aromatic rings. The highest BCUT2D eigenvalue weighted by Crippen LogP contribution is 2.28. The van der Waals surface area contributed by atoms with Gasteiger partial charge in [-0.25, -0.2) is 8.42 Å². The van der Waals surface area contributed by atoms with Crippen molar-refractivity contribution in [2.75, 3.05) is 27.2 Å². The van der Waals surface area contributed by atoms with Crippen LogP contribution in [-0.2, 0) is 16.6 Å². The van der Waals surface area contributed by atoms with Crippen LogP contribution >= 0.6 is 0 Å². The van der Waals surface area contributed by atoms with Gasteiger partial charge in [-0.1, -0.05) is 19.9 Å². The van der Waals surface area contributed by atoms with Crippen LogP contribution in [0.2, 0.25) is 0 Å². The van der Waals surface area contributed by atoms with Crippen molar-refractivity contribution in [2.45, 2.75) is 38.1 Å². The molecule has 0 aliphatic carbocycles. The lowest BCUT2D eigenvalue weighted by atomic mass is 10.2. The minimum absolute atomic E-state index is 0.250. The lowest BCUT2D eigenvalue weighted by Crippen LogP contribution is -2.33. The molecule has 0 saturated carbocycles. The van der Waals surface area contributed by atoms with Crippen molar-refractivity contribution < 1.29 is 13.2 Å². The summed E-state index contributed by atoms with van der Waals surface area (Å²) < 4.78 is 32.5. The molecule has 1 rings (SSSR count). The van der Waals surface area contributed by atoms with Crippen LogP contribution in [0.25, 0.3) is 0 Å². The Hall–Kier alpha value is -1.11. The Morgan fingerprint density at radius 1 is 1.19 bits per heavy atom. The second-order valence-electron chi connectivity index (χ2n) is 4.92. The molecule has 1 N–H and O–H groups in total. The minimum Gasteiger partial charge on any atom is -0.495 e. The molecule has 21 heavy (non-hydrogen) atoms. The summed E-state index contributed by atoms with van der Waals surface area (Å²) in [6.45, 7) is 5.62. The number of nitrogens with one attached hydrogen (secondary N) is 1. The second-order valence-corrected chi connectivity index (χ2v) is 6.83. The Balaban J connectivity index is 3.29. The number of hydrogen-bond donors (Lipinski definition) is 1. The van der Waals surface area contributed by atoms with Gasteiger partial charge >= 0.3 is 0 Å². The zero-order valence-electron chi connectivity index (χ0n) is 13.3. The van der Waals surface area contributed by atoms with Crippen LogP contribution in [-0.4, -0.2) is 40.0 Å². The molecule has 5 nitrogen and oxygen atoms in total. The van der Waals surface area contributed by atoms with Crippen molar-refractivity contribution in [1.82, 2.24) is 9.62 Å². The van der Waals surface area contributed by atoms with Gasteiger partial charge in [0, 0.05) is 19.6 Å². The molecule has 0 spiro atoms. The predicted octanol–water partition coefficient (Wildman–Crippen LogP) is 2.23. The van der Waals surface area contributed by atoms with E-state index in [1.807, 2.05) is 27.0 Å². The van der Waals surface area contributed by atoms with E-state index in [9.17, 15) is 8.42 Å². The molecular formula is C15H26N2O3S. The summed E-state index contributed by atoms with van der Waals surface area (Å²) in [4.78, 5) is 0.250. The van der Waals surface area contributed by atoms with E-state index in [0.717, 1.165) is 18.4 Å². The van der Waals surface area contributed by atoms with Crippen LogP contribution in [0.4, 0.5) is 0 Å². The fourth-order valence-corrected chi connectivity index (χ4v) is 4.06. The van der Waals surface area contributed by atoms with Crippen molar-refractivity contribution in [2.24, 2.45) is 0 Å². The van der Waals surface area contributed by atoms with Gasteiger partial charge in [0.2, 0.25) is 10.0 Å². The van der Waals surface area contributed by atoms with Crippen LogP contribution in [0.15, 0.2) is 23.1 Å². The highest BCUT2D eigenvalue weighted by atomic mass is 32.2. The van der Waals surface area contributed by atoms with Gasteiger partial charge in [0.15, 0.2) is 0 Å². The van der Waals surface area contributed by atoms with Crippen molar-refractivity contribution in [3.63, 3.8) is 0 Å². The maximum Gasteiger partial charge on any atom is 0.246 e. The van der Waals surface area contributed by atoms with E-state index in [-0.39, 0.29) is 4.90 Å². The van der Waals surface area contributed by atoms with Gasteiger partial charge in [0.25, 0.3) is 0 Å². The van der Waals surface area contributed by atoms with Gasteiger partial charge in [-0.2, -0.15) is 4.31 Å². The molecular weight excluding hydrogens is 288 g/mol. The van der Waals surface area contributed by atoms with Crippen LogP contribution in [0.1, 0.15) is 32.3 Å². The topological polar surface area (TPSA) is 58.6 Å². The average molecular weight is 314 g/mol. The molecule has 6 heteroatoms. The first-order chi connectivity index (χ1) is 10.0. The van der Waals surface area contributed by atoms with Gasteiger partial charge in [-0.3, -0.25) is 0 Å². The summed E-state index contributed by atoms with van der Waals surface area (Å²) in [5.74, 6) is 0.395. The van der Waals surface area contributed by atoms with Crippen LogP contribution in [0, 0.1) is 0 Å². The molecule has 0 aliphatic heterocycles. The Labute approximate surface area is 128 Å². The predicted molar refractivity (Wildman–Crippen MR) is 85.1 cm³/mol. The number of hydrogen-bond acceptors (Lipinski definition) is 4. The number of methoxy groups -OCH3 is 1. The van der Waals surface area contributed by atoms with Crippen LogP contribution < -0.4 is 10.1 Å². The third-order valence-corrected chi connectivity index (χ3v) is 5.09. The quantitative estimate of drug-likeness (QED) is 0.759. The lowest BCUT2D eigenvalue weighted by Gasteiger charge is -2.22. The summed E-state index contributed by atoms with van der Waals surface area (Å²) in [7, 11) is -0.200. The summed E-state index contributed by atoms with van der Waals surface area (Å²) >= 11 is 0. The lowest BCUT2D eigenvalue weighted by molar-refractivity contribution is 0.387. The van der Waals surface area contributed by atoms with Gasteiger partial charge in [-0.15, -0.1) is 0 Å². The highest BCUT2D eigenvalue weighted by molar-refractivity contribution is 7.89. The number of rotatable bonds is 9. The molecule has 0 saturated heterocycles. The van der Waals surface area contributed by atoms with Crippen LogP contribution in [0.3, 0.4) is 0 Å². The minimum atomic E-state index is -3.53. The van der Waals surface area contributed by atoms with Crippen LogP contribution in [0.5, 0.6) is 5.75 Å². The molecule has 1 aromatic carbocycles. The highest BCUT2D eigenvalue weighted by Gasteiger charge is 2.26. The summed E-state index contributed by atoms with van der Waals surface area (Å²) in [5.41, 5.74) is 0.921. The van der Waals surface area contributed by atoms with E-state index < -0.39 is 10.0 Å². The second kappa shape index (κ2) is 8.36. The molecule has 0 atom stereocenters. The van der Waals surface area contributed by atoms with Gasteiger partial charge in [0.05, 0.1) is 7.11 Å². The van der Waals surface area contributed by atoms with E-state index in [2.05, 4.69) is 5.32 Å². The standard InChI is InChI=1S/C15H26N2O3S/c1-5-9-17(10-6-2)21(18,19)15-11-13(12-16-3)7-8-14(15)20-4/h7-8,11,16H,5-6,9-10,12H2,1-4H3. The van der Waals surface area contributed by atoms with Gasteiger partial charge in [-0.05, 0) is 37.6 Å². The molecule has 0 bridgehead atoms. The zero-order chi connectivity index (χ0) is 15.9. The molecule has 0 amide bonds. The first-order valence-electron chi connectivity index (χ1n) is 7.32. The first kappa shape index (κ1) is 17.9. The first-order valence-corrected chi connectivity index (χ1v) is 8.76. The molecule has 0 fully saturated rings. The third kappa shape index (κ3) is 4.43. The fourth-order valence-electron chi connectivity index (χ4n) is 2.23. The number of benzene rings is 1. The van der Waals surface area contributed by atoms with E-state index in [1.54, 1.807) is 12.1 Å². The monoisotopic (exact) mass is 314 g/mol. The number of sulfonamides is 1. The van der Waals surface area contributed by atoms with E-state index in [1.165, 1.54) is 11.4 Å². The third-order valence-electron chi connectivity index (χ3n) is 3.17. The Morgan fingerprint density at radius 2 is 1.81 bits per heavy atom. The average Bonchev–Trinajstić information content (AvgIpc) is 2.47. The molecule has 0 unspecified atom stereocenters. The molecule has 0 aromatic heterocycles. The summed E-state index contributed by atoms with van der Waals surface area (Å²) in [6.07, 6.45) is 1.58. The van der Waals surface area contributed by atoms with E-state index in [0.29, 0.717) is 25.4 Å². The van der Waals surface area contributed by atoms with Crippen molar-refractivity contribution in [1.29, 1.82) is 0 Å². The maximum absolute atomic E-state index is 12.9. The smallest absolute Gasteiger partial charge is 0.246 e. The number of nitrogens with zero attached hydrogens (tertiary/aromatic N) is 1. The maximum atomic E-state index is 12.9. The molecule has 0 heterocycles.